The van der Waals surface area contributed by atoms with Crippen molar-refractivity contribution in [1.82, 2.24) is 9.97 Å². The van der Waals surface area contributed by atoms with Crippen molar-refractivity contribution in [1.29, 1.82) is 0 Å². The van der Waals surface area contributed by atoms with Crippen LogP contribution in [-0.4, -0.2) is 29.2 Å². The fourth-order valence-corrected chi connectivity index (χ4v) is 1.49. The van der Waals surface area contributed by atoms with Gasteiger partial charge in [0, 0.05) is 6.20 Å². The Labute approximate surface area is 81.9 Å². The lowest BCUT2D eigenvalue weighted by Crippen LogP contribution is -2.22. The summed E-state index contributed by atoms with van der Waals surface area (Å²) < 4.78 is 21.3. The molecule has 1 heterocycles. The molecular formula is C7H11N3O3S. The van der Waals surface area contributed by atoms with Crippen LogP contribution in [0.25, 0.3) is 0 Å². The molecule has 1 unspecified atom stereocenters. The topological polar surface area (TPSA) is 106 Å². The minimum absolute atomic E-state index is 0.199. The molecule has 78 valence electrons. The number of aliphatic hydroxyl groups excluding tert-OH is 1. The first kappa shape index (κ1) is 11.0. The predicted octanol–water partition coefficient (Wildman–Crippen LogP) is -0.893. The van der Waals surface area contributed by atoms with Crippen molar-refractivity contribution >= 4 is 10.0 Å². The number of sulfonamides is 1. The van der Waals surface area contributed by atoms with Crippen LogP contribution in [0.1, 0.15) is 17.5 Å². The molecule has 0 aliphatic rings. The monoisotopic (exact) mass is 217 g/mol. The van der Waals surface area contributed by atoms with Gasteiger partial charge in [-0.1, -0.05) is 0 Å². The largest absolute Gasteiger partial charge is 0.386 e. The number of primary sulfonamides is 1. The van der Waals surface area contributed by atoms with E-state index in [1.807, 2.05) is 0 Å². The lowest BCUT2D eigenvalue weighted by Gasteiger charge is -2.07. The highest BCUT2D eigenvalue weighted by Crippen LogP contribution is 2.09. The van der Waals surface area contributed by atoms with Gasteiger partial charge in [-0.2, -0.15) is 0 Å². The molecule has 0 aliphatic carbocycles. The maximum absolute atomic E-state index is 10.7. The highest BCUT2D eigenvalue weighted by atomic mass is 32.2. The van der Waals surface area contributed by atoms with E-state index < -0.39 is 21.9 Å². The Morgan fingerprint density at radius 3 is 2.57 bits per heavy atom. The molecule has 7 heteroatoms. The second-order valence-electron chi connectivity index (χ2n) is 2.93. The van der Waals surface area contributed by atoms with E-state index in [-0.39, 0.29) is 5.69 Å². The molecule has 0 amide bonds. The van der Waals surface area contributed by atoms with Crippen molar-refractivity contribution in [2.45, 2.75) is 13.0 Å². The van der Waals surface area contributed by atoms with Crippen molar-refractivity contribution in [3.8, 4) is 0 Å². The lowest BCUT2D eigenvalue weighted by molar-refractivity contribution is 0.196. The van der Waals surface area contributed by atoms with Crippen molar-refractivity contribution < 1.29 is 13.5 Å². The SMILES string of the molecule is Cc1cnc(C(O)CS(N)(=O)=O)cn1. The van der Waals surface area contributed by atoms with Crippen LogP contribution in [0.2, 0.25) is 0 Å². The minimum Gasteiger partial charge on any atom is -0.386 e. The Bertz CT molecular complexity index is 401. The summed E-state index contributed by atoms with van der Waals surface area (Å²) in [4.78, 5) is 7.70. The van der Waals surface area contributed by atoms with E-state index in [0.717, 1.165) is 0 Å². The number of hydrogen-bond acceptors (Lipinski definition) is 5. The maximum atomic E-state index is 10.7. The number of hydrogen-bond donors (Lipinski definition) is 2. The first-order valence-electron chi connectivity index (χ1n) is 3.85. The third-order valence-electron chi connectivity index (χ3n) is 1.53. The van der Waals surface area contributed by atoms with Crippen LogP contribution in [0.4, 0.5) is 0 Å². The number of aromatic nitrogens is 2. The van der Waals surface area contributed by atoms with Gasteiger partial charge < -0.3 is 5.11 Å². The molecule has 14 heavy (non-hydrogen) atoms. The van der Waals surface area contributed by atoms with Crippen molar-refractivity contribution in [3.63, 3.8) is 0 Å². The zero-order valence-corrected chi connectivity index (χ0v) is 8.40. The molecule has 0 saturated heterocycles. The molecule has 1 rings (SSSR count). The number of aliphatic hydroxyl groups is 1. The fraction of sp³-hybridized carbons (Fsp3) is 0.429. The zero-order chi connectivity index (χ0) is 10.8. The second-order valence-corrected chi connectivity index (χ2v) is 4.59. The lowest BCUT2D eigenvalue weighted by atomic mass is 10.3. The Hall–Kier alpha value is -1.05. The molecule has 0 radical (unpaired) electrons. The summed E-state index contributed by atoms with van der Waals surface area (Å²) in [6.45, 7) is 1.74. The molecule has 1 atom stereocenters. The number of rotatable bonds is 3. The van der Waals surface area contributed by atoms with Gasteiger partial charge in [-0.3, -0.25) is 9.97 Å². The molecule has 0 aromatic carbocycles. The molecular weight excluding hydrogens is 206 g/mol. The average Bonchev–Trinajstić information content (AvgIpc) is 2.02. The van der Waals surface area contributed by atoms with Crippen LogP contribution in [-0.2, 0) is 10.0 Å². The molecule has 0 saturated carbocycles. The fourth-order valence-electron chi connectivity index (χ4n) is 0.880. The highest BCUT2D eigenvalue weighted by molar-refractivity contribution is 7.89. The Morgan fingerprint density at radius 1 is 1.50 bits per heavy atom. The van der Waals surface area contributed by atoms with Crippen LogP contribution in [0.5, 0.6) is 0 Å². The third kappa shape index (κ3) is 3.36. The van der Waals surface area contributed by atoms with Crippen LogP contribution in [0.3, 0.4) is 0 Å². The van der Waals surface area contributed by atoms with Crippen LogP contribution in [0, 0.1) is 6.92 Å². The van der Waals surface area contributed by atoms with E-state index in [2.05, 4.69) is 9.97 Å². The predicted molar refractivity (Wildman–Crippen MR) is 49.7 cm³/mol. The van der Waals surface area contributed by atoms with Gasteiger partial charge in [-0.15, -0.1) is 0 Å². The number of nitrogens with zero attached hydrogens (tertiary/aromatic N) is 2. The molecule has 1 aromatic heterocycles. The van der Waals surface area contributed by atoms with E-state index >= 15 is 0 Å². The van der Waals surface area contributed by atoms with Crippen molar-refractivity contribution in [2.24, 2.45) is 5.14 Å². The summed E-state index contributed by atoms with van der Waals surface area (Å²) in [5.74, 6) is -0.551. The van der Waals surface area contributed by atoms with Crippen molar-refractivity contribution in [2.75, 3.05) is 5.75 Å². The molecule has 0 fully saturated rings. The summed E-state index contributed by atoms with van der Waals surface area (Å²) in [5, 5.41) is 14.2. The molecule has 0 spiro atoms. The number of nitrogens with two attached hydrogens (primary N) is 1. The van der Waals surface area contributed by atoms with E-state index in [1.165, 1.54) is 12.4 Å². The highest BCUT2D eigenvalue weighted by Gasteiger charge is 2.16. The second kappa shape index (κ2) is 3.99. The minimum atomic E-state index is -3.70. The van der Waals surface area contributed by atoms with Gasteiger partial charge in [0.05, 0.1) is 23.3 Å². The van der Waals surface area contributed by atoms with Gasteiger partial charge in [0.15, 0.2) is 0 Å². The van der Waals surface area contributed by atoms with Gasteiger partial charge >= 0.3 is 0 Å². The summed E-state index contributed by atoms with van der Waals surface area (Å²) >= 11 is 0. The quantitative estimate of drug-likeness (QED) is 0.683. The maximum Gasteiger partial charge on any atom is 0.212 e. The summed E-state index contributed by atoms with van der Waals surface area (Å²) in [6, 6.07) is 0. The Balaban J connectivity index is 2.80. The summed E-state index contributed by atoms with van der Waals surface area (Å²) in [5.41, 5.74) is 0.890. The van der Waals surface area contributed by atoms with Crippen LogP contribution in [0.15, 0.2) is 12.4 Å². The average molecular weight is 217 g/mol. The molecule has 1 aromatic rings. The first-order valence-corrected chi connectivity index (χ1v) is 5.57. The van der Waals surface area contributed by atoms with E-state index in [1.54, 1.807) is 6.92 Å². The molecule has 6 nitrogen and oxygen atoms in total. The molecule has 0 aliphatic heterocycles. The third-order valence-corrected chi connectivity index (χ3v) is 2.31. The molecule has 3 N–H and O–H groups in total. The van der Waals surface area contributed by atoms with Crippen LogP contribution >= 0.6 is 0 Å². The first-order chi connectivity index (χ1) is 6.38. The van der Waals surface area contributed by atoms with E-state index in [9.17, 15) is 13.5 Å². The standard InChI is InChI=1S/C7H11N3O3S/c1-5-2-10-6(3-9-5)7(11)4-14(8,12)13/h2-3,7,11H,4H2,1H3,(H2,8,12,13). The van der Waals surface area contributed by atoms with Crippen molar-refractivity contribution in [3.05, 3.63) is 23.8 Å². The van der Waals surface area contributed by atoms with Crippen LogP contribution < -0.4 is 5.14 Å². The van der Waals surface area contributed by atoms with Gasteiger partial charge in [0.1, 0.15) is 6.10 Å². The summed E-state index contributed by atoms with van der Waals surface area (Å²) in [6.07, 6.45) is 1.55. The zero-order valence-electron chi connectivity index (χ0n) is 7.58. The number of aryl methyl sites for hydroxylation is 1. The Kier molecular flexibility index (Phi) is 3.14. The van der Waals surface area contributed by atoms with Gasteiger partial charge in [-0.05, 0) is 6.92 Å². The van der Waals surface area contributed by atoms with E-state index in [4.69, 9.17) is 5.14 Å². The smallest absolute Gasteiger partial charge is 0.212 e. The van der Waals surface area contributed by atoms with Gasteiger partial charge in [0.2, 0.25) is 10.0 Å². The normalized spacial score (nSPS) is 13.9. The van der Waals surface area contributed by atoms with Gasteiger partial charge in [-0.25, -0.2) is 13.6 Å². The molecule has 0 bridgehead atoms. The summed E-state index contributed by atoms with van der Waals surface area (Å²) in [7, 11) is -3.70. The van der Waals surface area contributed by atoms with Gasteiger partial charge in [0.25, 0.3) is 0 Å². The Morgan fingerprint density at radius 2 is 2.14 bits per heavy atom. The van der Waals surface area contributed by atoms with E-state index in [0.29, 0.717) is 5.69 Å².